The van der Waals surface area contributed by atoms with Gasteiger partial charge in [0.15, 0.2) is 23.1 Å². The van der Waals surface area contributed by atoms with Gasteiger partial charge in [0.1, 0.15) is 0 Å². The van der Waals surface area contributed by atoms with Crippen molar-refractivity contribution in [2.24, 2.45) is 0 Å². The SMILES string of the molecule is CC(=O)O[C@@H](CBr)[C@@H]1OC(=O)C(Br)[C@@H]1OC(C)=O.O=C1OC2C(O)C[Se]C1[C@H]2O.OCC1[Se]CC(O)[C@@H](O)[C@@H]1O. The van der Waals surface area contributed by atoms with Crippen molar-refractivity contribution >= 4 is 85.7 Å². The van der Waals surface area contributed by atoms with E-state index in [2.05, 4.69) is 31.9 Å². The third kappa shape index (κ3) is 9.32. The summed E-state index contributed by atoms with van der Waals surface area (Å²) in [6.45, 7) is 2.37. The molecule has 2 bridgehead atoms. The van der Waals surface area contributed by atoms with Crippen molar-refractivity contribution in [2.75, 3.05) is 11.9 Å². The molecule has 230 valence electrons. The van der Waals surface area contributed by atoms with Gasteiger partial charge in [0.05, 0.1) is 0 Å². The summed E-state index contributed by atoms with van der Waals surface area (Å²) in [4.78, 5) is 43.1. The first-order valence-electron chi connectivity index (χ1n) is 11.9. The molecule has 0 spiro atoms. The first-order valence-corrected chi connectivity index (χ1v) is 18.4. The zero-order valence-electron chi connectivity index (χ0n) is 21.3. The van der Waals surface area contributed by atoms with Gasteiger partial charge in [0.2, 0.25) is 0 Å². The molecule has 0 aliphatic carbocycles. The Balaban J connectivity index is 0.000000220. The van der Waals surface area contributed by atoms with Crippen LogP contribution in [0.25, 0.3) is 0 Å². The van der Waals surface area contributed by atoms with E-state index in [9.17, 15) is 34.5 Å². The molecule has 4 fully saturated rings. The number of rotatable bonds is 5. The van der Waals surface area contributed by atoms with Crippen molar-refractivity contribution in [3.05, 3.63) is 0 Å². The van der Waals surface area contributed by atoms with Crippen LogP contribution in [0.15, 0.2) is 0 Å². The molecule has 4 aliphatic rings. The van der Waals surface area contributed by atoms with E-state index >= 15 is 0 Å². The molecule has 0 amide bonds. The topological polar surface area (TPSA) is 227 Å². The molecule has 12 atom stereocenters. The van der Waals surface area contributed by atoms with Gasteiger partial charge in [0, 0.05) is 19.2 Å². The molecule has 6 N–H and O–H groups in total. The molecule has 4 heterocycles. The van der Waals surface area contributed by atoms with Crippen LogP contribution >= 0.6 is 31.9 Å². The number of alkyl halides is 2. The van der Waals surface area contributed by atoms with Crippen molar-refractivity contribution in [3.8, 4) is 0 Å². The number of hydrogen-bond acceptors (Lipinski definition) is 14. The van der Waals surface area contributed by atoms with Gasteiger partial charge in [-0.25, -0.2) is 0 Å². The third-order valence-electron chi connectivity index (χ3n) is 5.97. The number of carbonyl (C=O) groups is 4. The first-order chi connectivity index (χ1) is 18.7. The van der Waals surface area contributed by atoms with E-state index in [1.165, 1.54) is 13.8 Å². The predicted octanol–water partition coefficient (Wildman–Crippen LogP) is -2.52. The summed E-state index contributed by atoms with van der Waals surface area (Å²) in [6, 6.07) is 0. The van der Waals surface area contributed by atoms with E-state index in [0.717, 1.165) is 0 Å². The van der Waals surface area contributed by atoms with Crippen LogP contribution in [0.5, 0.6) is 0 Å². The van der Waals surface area contributed by atoms with Crippen LogP contribution in [0.3, 0.4) is 0 Å². The van der Waals surface area contributed by atoms with Gasteiger partial charge in [-0.1, -0.05) is 31.9 Å². The maximum absolute atomic E-state index is 11.5. The van der Waals surface area contributed by atoms with Crippen LogP contribution in [0.4, 0.5) is 0 Å². The molecule has 6 unspecified atom stereocenters. The van der Waals surface area contributed by atoms with E-state index in [0.29, 0.717) is 10.6 Å². The summed E-state index contributed by atoms with van der Waals surface area (Å²) in [5.41, 5.74) is 0. The monoisotopic (exact) mass is 838 g/mol. The van der Waals surface area contributed by atoms with E-state index in [1.807, 2.05) is 0 Å². The number of aliphatic hydroxyl groups excluding tert-OH is 6. The van der Waals surface area contributed by atoms with Crippen molar-refractivity contribution in [1.29, 1.82) is 0 Å². The van der Waals surface area contributed by atoms with Gasteiger partial charge >= 0.3 is 157 Å². The second kappa shape index (κ2) is 16.5. The normalized spacial score (nSPS) is 38.9. The van der Waals surface area contributed by atoms with Gasteiger partial charge in [-0.2, -0.15) is 0 Å². The van der Waals surface area contributed by atoms with Gasteiger partial charge in [-0.15, -0.1) is 0 Å². The van der Waals surface area contributed by atoms with E-state index in [1.54, 1.807) is 0 Å². The predicted molar refractivity (Wildman–Crippen MR) is 143 cm³/mol. The molecular formula is C22H32Br2O14Se2. The number of esters is 4. The van der Waals surface area contributed by atoms with Crippen LogP contribution in [-0.4, -0.2) is 156 Å². The quantitative estimate of drug-likeness (QED) is 0.0728. The molecule has 4 aliphatic heterocycles. The Labute approximate surface area is 259 Å². The van der Waals surface area contributed by atoms with Gasteiger partial charge < -0.3 is 14.2 Å². The molecule has 4 saturated heterocycles. The van der Waals surface area contributed by atoms with Crippen LogP contribution in [-0.2, 0) is 38.1 Å². The average molecular weight is 838 g/mol. The summed E-state index contributed by atoms with van der Waals surface area (Å²) in [6.07, 6.45) is -7.26. The number of hydrogen-bond donors (Lipinski definition) is 6. The number of cyclic esters (lactones) is 1. The van der Waals surface area contributed by atoms with Gasteiger partial charge in [-0.05, 0) is 0 Å². The number of halogens is 2. The Hall–Kier alpha value is -0.361. The summed E-state index contributed by atoms with van der Waals surface area (Å²) >= 11 is 6.30. The molecule has 18 heteroatoms. The van der Waals surface area contributed by atoms with Crippen LogP contribution in [0, 0.1) is 0 Å². The number of aliphatic hydroxyl groups is 6. The van der Waals surface area contributed by atoms with Crippen molar-refractivity contribution in [1.82, 2.24) is 0 Å². The van der Waals surface area contributed by atoms with E-state index in [-0.39, 0.29) is 57.5 Å². The fraction of sp³-hybridized carbons (Fsp3) is 0.818. The molecule has 0 aromatic rings. The number of ether oxygens (including phenoxy) is 4. The van der Waals surface area contributed by atoms with Crippen LogP contribution in [0.2, 0.25) is 20.3 Å². The van der Waals surface area contributed by atoms with Crippen molar-refractivity contribution in [3.63, 3.8) is 0 Å². The zero-order valence-corrected chi connectivity index (χ0v) is 27.9. The Morgan fingerprint density at radius 2 is 1.57 bits per heavy atom. The van der Waals surface area contributed by atoms with Crippen molar-refractivity contribution in [2.45, 2.75) is 93.9 Å². The molecule has 4 rings (SSSR count). The Kier molecular flexibility index (Phi) is 14.8. The second-order valence-corrected chi connectivity index (χ2v) is 15.8. The first kappa shape index (κ1) is 35.8. The minimum atomic E-state index is -1.08. The Bertz CT molecular complexity index is 898. The molecule has 40 heavy (non-hydrogen) atoms. The Morgan fingerprint density at radius 1 is 0.950 bits per heavy atom. The molecule has 0 aromatic carbocycles. The van der Waals surface area contributed by atoms with Gasteiger partial charge in [-0.3, -0.25) is 14.4 Å². The summed E-state index contributed by atoms with van der Waals surface area (Å²) in [5, 5.41) is 56.2. The summed E-state index contributed by atoms with van der Waals surface area (Å²) in [7, 11) is 0. The zero-order chi connectivity index (χ0) is 30.3. The molecule has 14 nitrogen and oxygen atoms in total. The number of carbonyl (C=O) groups excluding carboxylic acids is 4. The fourth-order valence-corrected chi connectivity index (χ4v) is 9.68. The molecular weight excluding hydrogens is 806 g/mol. The fourth-order valence-electron chi connectivity index (χ4n) is 3.95. The molecule has 0 radical (unpaired) electrons. The average Bonchev–Trinajstić information content (AvgIpc) is 3.27. The standard InChI is InChI=1S/C10H12Br2O6.C6H8O4Se.C6H12O4Se/c1-4(13)16-6(3-11)8-9(17-5(2)14)7(12)10(15)18-8;7-2-1-11-5-3(8)4(2)10-6(5)9;7-1-4-6(10)5(9)3(8)2-11-4/h6-9H,3H2,1-2H3;2-5,7-8H,1H2;3-10H,1-2H2/t6-,7?,8-,9-;2?,3-,4?,5?;3?,4?,5-,6-/m001/s1. The summed E-state index contributed by atoms with van der Waals surface area (Å²) in [5.74, 6) is -1.93. The molecule has 0 aromatic heterocycles. The number of fused-ring (bicyclic) bond motifs is 2. The minimum absolute atomic E-state index is 0.00289. The van der Waals surface area contributed by atoms with Gasteiger partial charge in [0.25, 0.3) is 0 Å². The second-order valence-electron chi connectivity index (χ2n) is 9.00. The van der Waals surface area contributed by atoms with E-state index in [4.69, 9.17) is 34.3 Å². The maximum atomic E-state index is 11.5. The Morgan fingerprint density at radius 3 is 2.10 bits per heavy atom. The van der Waals surface area contributed by atoms with E-state index < -0.39 is 77.7 Å². The van der Waals surface area contributed by atoms with Crippen LogP contribution < -0.4 is 0 Å². The van der Waals surface area contributed by atoms with Crippen LogP contribution in [0.1, 0.15) is 13.8 Å². The van der Waals surface area contributed by atoms with Crippen molar-refractivity contribution < 1.29 is 68.8 Å². The summed E-state index contributed by atoms with van der Waals surface area (Å²) < 4.78 is 19.9. The third-order valence-corrected chi connectivity index (χ3v) is 13.3. The molecule has 0 saturated carbocycles.